The van der Waals surface area contributed by atoms with Crippen LogP contribution in [0.15, 0.2) is 0 Å². The molecule has 0 aliphatic heterocycles. The van der Waals surface area contributed by atoms with Gasteiger partial charge in [-0.15, -0.1) is 0 Å². The van der Waals surface area contributed by atoms with E-state index in [1.807, 2.05) is 0 Å². The van der Waals surface area contributed by atoms with Gasteiger partial charge in [0.2, 0.25) is 11.8 Å². The fraction of sp³-hybridized carbons (Fsp3) is 0.905. The van der Waals surface area contributed by atoms with E-state index in [-0.39, 0.29) is 25.0 Å². The second-order valence-electron chi connectivity index (χ2n) is 14.3. The number of unbranched alkanes of at least 4 members (excludes halogenated alkanes) is 24. The van der Waals surface area contributed by atoms with Gasteiger partial charge in [-0.3, -0.25) is 9.59 Å². The molecule has 2 N–H and O–H groups in total. The monoisotopic (exact) mass is 773 g/mol. The van der Waals surface area contributed by atoms with Gasteiger partial charge >= 0.3 is 11.9 Å². The highest BCUT2D eigenvalue weighted by Gasteiger charge is 2.25. The molecule has 0 radical (unpaired) electrons. The molecule has 0 saturated carbocycles. The van der Waals surface area contributed by atoms with Crippen molar-refractivity contribution in [2.45, 2.75) is 220 Å². The Labute approximate surface area is 327 Å². The molecule has 0 bridgehead atoms. The lowest BCUT2D eigenvalue weighted by Crippen LogP contribution is -2.44. The summed E-state index contributed by atoms with van der Waals surface area (Å²) in [6.45, 7) is 8.47. The number of nitrogens with one attached hydrogen (secondary N) is 2. The molecule has 0 aromatic carbocycles. The molecular formula is C42H80N2O6S2. The third kappa shape index (κ3) is 33.2. The minimum Gasteiger partial charge on any atom is -0.464 e. The van der Waals surface area contributed by atoms with E-state index in [2.05, 4.69) is 24.5 Å². The van der Waals surface area contributed by atoms with Gasteiger partial charge < -0.3 is 20.1 Å². The smallest absolute Gasteiger partial charge is 0.329 e. The fourth-order valence-corrected chi connectivity index (χ4v) is 8.49. The summed E-state index contributed by atoms with van der Waals surface area (Å²) in [7, 11) is 2.75. The Bertz CT molecular complexity index is 794. The molecule has 0 fully saturated rings. The average Bonchev–Trinajstić information content (AvgIpc) is 3.13. The Balaban J connectivity index is 4.31. The van der Waals surface area contributed by atoms with Crippen LogP contribution in [0.2, 0.25) is 0 Å². The maximum atomic E-state index is 12.7. The third-order valence-electron chi connectivity index (χ3n) is 9.38. The number of rotatable bonds is 39. The molecule has 0 aliphatic rings. The van der Waals surface area contributed by atoms with Crippen molar-refractivity contribution in [1.29, 1.82) is 0 Å². The normalized spacial score (nSPS) is 12.3. The molecule has 0 aromatic heterocycles. The quantitative estimate of drug-likeness (QED) is 0.0361. The molecule has 0 aromatic rings. The predicted octanol–water partition coefficient (Wildman–Crippen LogP) is 11.4. The largest absolute Gasteiger partial charge is 0.464 e. The van der Waals surface area contributed by atoms with Crippen LogP contribution in [0, 0.1) is 0 Å². The molecule has 0 saturated heterocycles. The first-order valence-electron chi connectivity index (χ1n) is 21.6. The fourth-order valence-electron chi connectivity index (χ4n) is 6.19. The maximum Gasteiger partial charge on any atom is 0.329 e. The topological polar surface area (TPSA) is 111 Å². The highest BCUT2D eigenvalue weighted by Crippen LogP contribution is 2.24. The zero-order valence-electron chi connectivity index (χ0n) is 34.0. The molecule has 0 heterocycles. The van der Waals surface area contributed by atoms with E-state index in [0.29, 0.717) is 24.3 Å². The van der Waals surface area contributed by atoms with E-state index < -0.39 is 24.0 Å². The molecule has 0 rings (SSSR count). The first-order valence-corrected chi connectivity index (χ1v) is 24.0. The van der Waals surface area contributed by atoms with Gasteiger partial charge in [-0.05, 0) is 26.7 Å². The number of esters is 2. The van der Waals surface area contributed by atoms with Gasteiger partial charge in [0.05, 0.1) is 13.2 Å². The summed E-state index contributed by atoms with van der Waals surface area (Å²) in [6.07, 6.45) is 33.2. The molecule has 0 aliphatic carbocycles. The van der Waals surface area contributed by atoms with Crippen molar-refractivity contribution < 1.29 is 28.7 Å². The Morgan fingerprint density at radius 3 is 0.904 bits per heavy atom. The Morgan fingerprint density at radius 1 is 0.404 bits per heavy atom. The average molecular weight is 773 g/mol. The van der Waals surface area contributed by atoms with Crippen LogP contribution in [0.5, 0.6) is 0 Å². The van der Waals surface area contributed by atoms with E-state index in [4.69, 9.17) is 9.47 Å². The summed E-state index contributed by atoms with van der Waals surface area (Å²) < 4.78 is 10.4. The van der Waals surface area contributed by atoms with E-state index in [0.717, 1.165) is 38.5 Å². The predicted molar refractivity (Wildman–Crippen MR) is 223 cm³/mol. The first-order chi connectivity index (χ1) is 25.4. The number of carbonyl (C=O) groups excluding carboxylic acids is 4. The summed E-state index contributed by atoms with van der Waals surface area (Å²) in [5.74, 6) is -0.593. The van der Waals surface area contributed by atoms with Crippen molar-refractivity contribution in [1.82, 2.24) is 10.6 Å². The van der Waals surface area contributed by atoms with Crippen LogP contribution in [0.4, 0.5) is 0 Å². The van der Waals surface area contributed by atoms with Gasteiger partial charge in [-0.1, -0.05) is 190 Å². The minimum atomic E-state index is -0.766. The lowest BCUT2D eigenvalue weighted by atomic mass is 10.0. The molecule has 2 atom stereocenters. The van der Waals surface area contributed by atoms with E-state index in [9.17, 15) is 19.2 Å². The highest BCUT2D eigenvalue weighted by molar-refractivity contribution is 8.76. The van der Waals surface area contributed by atoms with Crippen molar-refractivity contribution in [2.75, 3.05) is 24.7 Å². The standard InChI is InChI=1S/C42H80N2O6S2/c1-5-9-11-13-15-17-19-21-23-25-27-29-31-33-39(45)43-37(41(47)49-7-3)35-51-52-36-38(42(48)50-8-4)44-40(46)34-32-30-28-26-24-22-20-18-16-14-12-10-6-2/h37-38H,5-36H2,1-4H3,(H,43,45)(H,44,46)/t37-,38-/m0/s1. The number of hydrogen-bond acceptors (Lipinski definition) is 8. The van der Waals surface area contributed by atoms with Crippen molar-refractivity contribution in [2.24, 2.45) is 0 Å². The summed E-state index contributed by atoms with van der Waals surface area (Å²) in [5, 5.41) is 5.72. The number of amides is 2. The molecule has 52 heavy (non-hydrogen) atoms. The molecule has 306 valence electrons. The third-order valence-corrected chi connectivity index (χ3v) is 11.8. The molecule has 10 heteroatoms. The lowest BCUT2D eigenvalue weighted by Gasteiger charge is -2.19. The zero-order chi connectivity index (χ0) is 38.3. The first kappa shape index (κ1) is 50.6. The Kier molecular flexibility index (Phi) is 38.2. The van der Waals surface area contributed by atoms with Gasteiger partial charge in [-0.2, -0.15) is 0 Å². The SMILES string of the molecule is CCCCCCCCCCCCCCCC(=O)N[C@@H](CSSC[C@H](NC(=O)CCCCCCCCCCCCCCC)C(=O)OCC)C(=O)OCC. The van der Waals surface area contributed by atoms with Gasteiger partial charge in [0.15, 0.2) is 0 Å². The summed E-state index contributed by atoms with van der Waals surface area (Å²) in [5.41, 5.74) is 0. The molecular weight excluding hydrogens is 693 g/mol. The number of carbonyl (C=O) groups is 4. The van der Waals surface area contributed by atoms with E-state index in [1.165, 1.54) is 150 Å². The zero-order valence-corrected chi connectivity index (χ0v) is 35.7. The highest BCUT2D eigenvalue weighted by atomic mass is 33.1. The van der Waals surface area contributed by atoms with Crippen LogP contribution in [-0.2, 0) is 28.7 Å². The molecule has 8 nitrogen and oxygen atoms in total. The van der Waals surface area contributed by atoms with Crippen LogP contribution in [0.1, 0.15) is 207 Å². The molecule has 2 amide bonds. The molecule has 0 spiro atoms. The van der Waals surface area contributed by atoms with Crippen LogP contribution >= 0.6 is 21.6 Å². The van der Waals surface area contributed by atoms with Gasteiger partial charge in [-0.25, -0.2) is 9.59 Å². The second-order valence-corrected chi connectivity index (χ2v) is 16.9. The molecule has 0 unspecified atom stereocenters. The van der Waals surface area contributed by atoms with Crippen LogP contribution in [-0.4, -0.2) is 60.6 Å². The summed E-state index contributed by atoms with van der Waals surface area (Å²) in [6, 6.07) is -1.53. The van der Waals surface area contributed by atoms with Crippen LogP contribution < -0.4 is 10.6 Å². The van der Waals surface area contributed by atoms with Crippen molar-refractivity contribution in [3.63, 3.8) is 0 Å². The van der Waals surface area contributed by atoms with Gasteiger partial charge in [0, 0.05) is 24.3 Å². The lowest BCUT2D eigenvalue weighted by molar-refractivity contribution is -0.147. The Morgan fingerprint density at radius 2 is 0.654 bits per heavy atom. The maximum absolute atomic E-state index is 12.7. The van der Waals surface area contributed by atoms with Crippen LogP contribution in [0.3, 0.4) is 0 Å². The summed E-state index contributed by atoms with van der Waals surface area (Å²) in [4.78, 5) is 50.6. The van der Waals surface area contributed by atoms with Crippen molar-refractivity contribution in [3.05, 3.63) is 0 Å². The van der Waals surface area contributed by atoms with Gasteiger partial charge in [0.25, 0.3) is 0 Å². The van der Waals surface area contributed by atoms with E-state index in [1.54, 1.807) is 13.8 Å². The van der Waals surface area contributed by atoms with Crippen molar-refractivity contribution >= 4 is 45.3 Å². The summed E-state index contributed by atoms with van der Waals surface area (Å²) >= 11 is 0. The minimum absolute atomic E-state index is 0.142. The van der Waals surface area contributed by atoms with Crippen LogP contribution in [0.25, 0.3) is 0 Å². The second kappa shape index (κ2) is 39.3. The van der Waals surface area contributed by atoms with Crippen molar-refractivity contribution in [3.8, 4) is 0 Å². The van der Waals surface area contributed by atoms with Gasteiger partial charge in [0.1, 0.15) is 12.1 Å². The number of hydrogen-bond donors (Lipinski definition) is 2. The van der Waals surface area contributed by atoms with E-state index >= 15 is 0 Å². The Hall–Kier alpha value is -1.42. The number of ether oxygens (including phenoxy) is 2.